The number of benzene rings is 2. The number of halogens is 5. The molecule has 0 atom stereocenters. The predicted octanol–water partition coefficient (Wildman–Crippen LogP) is 2.85. The number of aromatic nitrogens is 5. The number of nitrogens with one attached hydrogen (secondary N) is 1. The summed E-state index contributed by atoms with van der Waals surface area (Å²) in [5, 5.41) is 14.4. The third-order valence-corrected chi connectivity index (χ3v) is 4.13. The van der Waals surface area contributed by atoms with Crippen molar-refractivity contribution in [3.05, 3.63) is 65.7 Å². The lowest BCUT2D eigenvalue weighted by Crippen LogP contribution is -2.21. The van der Waals surface area contributed by atoms with E-state index in [4.69, 9.17) is 0 Å². The van der Waals surface area contributed by atoms with E-state index in [9.17, 15) is 26.7 Å². The van der Waals surface area contributed by atoms with Crippen LogP contribution in [0.1, 0.15) is 0 Å². The fourth-order valence-corrected chi connectivity index (χ4v) is 2.71. The van der Waals surface area contributed by atoms with E-state index < -0.39 is 47.3 Å². The van der Waals surface area contributed by atoms with Gasteiger partial charge >= 0.3 is 0 Å². The van der Waals surface area contributed by atoms with Crippen LogP contribution in [-0.2, 0) is 11.5 Å². The molecule has 1 amide bonds. The van der Waals surface area contributed by atoms with Crippen LogP contribution in [0.25, 0.3) is 11.0 Å². The lowest BCUT2D eigenvalue weighted by molar-refractivity contribution is -0.118. The molecule has 0 bridgehead atoms. The molecular weight excluding hydrogens is 427 g/mol. The summed E-state index contributed by atoms with van der Waals surface area (Å²) in [5.74, 6) is -13.4. The highest BCUT2D eigenvalue weighted by Gasteiger charge is 2.27. The van der Waals surface area contributed by atoms with Gasteiger partial charge in [0.15, 0.2) is 12.4 Å². The average Bonchev–Trinajstić information content (AvgIpc) is 3.38. The first kappa shape index (κ1) is 20.3. The van der Waals surface area contributed by atoms with Crippen LogP contribution < -0.4 is 10.1 Å². The summed E-state index contributed by atoms with van der Waals surface area (Å²) >= 11 is 0. The van der Waals surface area contributed by atoms with Crippen LogP contribution in [0, 0.1) is 29.1 Å². The molecule has 13 heteroatoms. The Bertz CT molecular complexity index is 1260. The number of carbonyl (C=O) groups excluding carboxylic acids is 1. The molecule has 0 saturated carbocycles. The van der Waals surface area contributed by atoms with E-state index in [1.807, 2.05) is 18.2 Å². The molecule has 1 N–H and O–H groups in total. The number of para-hydroxylation sites is 1. The molecule has 31 heavy (non-hydrogen) atoms. The van der Waals surface area contributed by atoms with Crippen LogP contribution in [0.15, 0.2) is 36.7 Å². The second-order valence-corrected chi connectivity index (χ2v) is 6.22. The minimum Gasteiger partial charge on any atom is -0.477 e. The Kier molecular flexibility index (Phi) is 5.23. The van der Waals surface area contributed by atoms with Gasteiger partial charge in [0.05, 0.1) is 23.6 Å². The van der Waals surface area contributed by atoms with Crippen LogP contribution >= 0.6 is 0 Å². The molecule has 0 unspecified atom stereocenters. The topological polar surface area (TPSA) is 86.9 Å². The van der Waals surface area contributed by atoms with E-state index in [-0.39, 0.29) is 12.4 Å². The molecule has 0 aliphatic rings. The van der Waals surface area contributed by atoms with Crippen LogP contribution in [0.3, 0.4) is 0 Å². The van der Waals surface area contributed by atoms with Crippen molar-refractivity contribution in [2.24, 2.45) is 0 Å². The van der Waals surface area contributed by atoms with Gasteiger partial charge in [-0.05, 0) is 12.1 Å². The molecule has 4 rings (SSSR count). The maximum atomic E-state index is 13.6. The van der Waals surface area contributed by atoms with E-state index in [1.165, 1.54) is 17.1 Å². The van der Waals surface area contributed by atoms with E-state index in [2.05, 4.69) is 25.5 Å². The molecule has 160 valence electrons. The Balaban J connectivity index is 1.40. The lowest BCUT2D eigenvalue weighted by Gasteiger charge is -2.10. The number of carbonyl (C=O) groups is 1. The molecule has 2 heterocycles. The van der Waals surface area contributed by atoms with Crippen molar-refractivity contribution in [3.8, 4) is 5.75 Å². The van der Waals surface area contributed by atoms with E-state index in [1.54, 1.807) is 10.7 Å². The first-order valence-electron chi connectivity index (χ1n) is 8.60. The van der Waals surface area contributed by atoms with Crippen molar-refractivity contribution >= 4 is 22.6 Å². The Hall–Kier alpha value is -4.03. The first-order chi connectivity index (χ1) is 14.8. The zero-order chi connectivity index (χ0) is 22.1. The summed E-state index contributed by atoms with van der Waals surface area (Å²) in [6.45, 7) is -0.825. The van der Waals surface area contributed by atoms with Gasteiger partial charge in [0.25, 0.3) is 5.91 Å². The molecule has 4 aromatic rings. The molecule has 0 radical (unpaired) electrons. The van der Waals surface area contributed by atoms with Gasteiger partial charge in [0, 0.05) is 0 Å². The highest BCUT2D eigenvalue weighted by Crippen LogP contribution is 2.29. The summed E-state index contributed by atoms with van der Waals surface area (Å²) < 4.78 is 74.0. The molecule has 0 aliphatic carbocycles. The fraction of sp³-hybridized carbons (Fsp3) is 0.111. The number of nitrogens with zero attached hydrogens (tertiary/aromatic N) is 5. The van der Waals surface area contributed by atoms with Gasteiger partial charge in [-0.15, -0.1) is 5.10 Å². The Morgan fingerprint density at radius 2 is 1.68 bits per heavy atom. The molecule has 0 fully saturated rings. The van der Waals surface area contributed by atoms with E-state index >= 15 is 0 Å². The van der Waals surface area contributed by atoms with Crippen molar-refractivity contribution in [3.63, 3.8) is 0 Å². The molecule has 0 aliphatic heterocycles. The number of fused-ring (bicyclic) bond motifs is 1. The van der Waals surface area contributed by atoms with Crippen LogP contribution in [-0.4, -0.2) is 37.3 Å². The monoisotopic (exact) mass is 438 g/mol. The van der Waals surface area contributed by atoms with Crippen molar-refractivity contribution < 1.29 is 31.5 Å². The zero-order valence-electron chi connectivity index (χ0n) is 15.3. The lowest BCUT2D eigenvalue weighted by atomic mass is 10.2. The van der Waals surface area contributed by atoms with Gasteiger partial charge in [-0.25, -0.2) is 22.5 Å². The van der Waals surface area contributed by atoms with Crippen molar-refractivity contribution in [2.75, 3.05) is 11.9 Å². The standard InChI is InChI=1S/C18H11F5N6O2/c19-13-14(20)16(22)18(17(23)15(13)21)31-7-12(30)25-9-5-24-28(6-9)8-29-11-4-2-1-3-10(11)26-27-29/h1-6H,7-8H2,(H,25,30). The second-order valence-electron chi connectivity index (χ2n) is 6.22. The summed E-state index contributed by atoms with van der Waals surface area (Å²) in [5.41, 5.74) is 1.66. The number of rotatable bonds is 6. The number of ether oxygens (including phenoxy) is 1. The number of hydrogen-bond donors (Lipinski definition) is 1. The molecule has 8 nitrogen and oxygen atoms in total. The first-order valence-corrected chi connectivity index (χ1v) is 8.60. The van der Waals surface area contributed by atoms with E-state index in [0.717, 1.165) is 5.52 Å². The second kappa shape index (κ2) is 8.01. The van der Waals surface area contributed by atoms with Crippen molar-refractivity contribution in [1.29, 1.82) is 0 Å². The maximum Gasteiger partial charge on any atom is 0.262 e. The predicted molar refractivity (Wildman–Crippen MR) is 95.5 cm³/mol. The smallest absolute Gasteiger partial charge is 0.262 e. The maximum absolute atomic E-state index is 13.6. The van der Waals surface area contributed by atoms with Gasteiger partial charge in [-0.1, -0.05) is 17.3 Å². The van der Waals surface area contributed by atoms with Gasteiger partial charge in [0.1, 0.15) is 12.2 Å². The summed E-state index contributed by atoms with van der Waals surface area (Å²) in [4.78, 5) is 11.9. The summed E-state index contributed by atoms with van der Waals surface area (Å²) in [7, 11) is 0. The van der Waals surface area contributed by atoms with Gasteiger partial charge < -0.3 is 10.1 Å². The summed E-state index contributed by atoms with van der Waals surface area (Å²) in [6.07, 6.45) is 2.72. The summed E-state index contributed by atoms with van der Waals surface area (Å²) in [6, 6.07) is 7.25. The molecule has 0 spiro atoms. The van der Waals surface area contributed by atoms with Crippen molar-refractivity contribution in [2.45, 2.75) is 6.67 Å². The SMILES string of the molecule is O=C(COc1c(F)c(F)c(F)c(F)c1F)Nc1cnn(Cn2nnc3ccccc32)c1. The third kappa shape index (κ3) is 3.89. The number of anilines is 1. The number of amides is 1. The number of hydrogen-bond acceptors (Lipinski definition) is 5. The van der Waals surface area contributed by atoms with Gasteiger partial charge in [0.2, 0.25) is 29.1 Å². The quantitative estimate of drug-likeness (QED) is 0.284. The third-order valence-electron chi connectivity index (χ3n) is 4.13. The largest absolute Gasteiger partial charge is 0.477 e. The molecule has 2 aromatic heterocycles. The normalized spacial score (nSPS) is 11.1. The van der Waals surface area contributed by atoms with Gasteiger partial charge in [-0.3, -0.25) is 4.79 Å². The minimum absolute atomic E-state index is 0.178. The molecule has 2 aromatic carbocycles. The van der Waals surface area contributed by atoms with E-state index in [0.29, 0.717) is 5.52 Å². The highest BCUT2D eigenvalue weighted by atomic mass is 19.2. The van der Waals surface area contributed by atoms with Crippen molar-refractivity contribution in [1.82, 2.24) is 24.8 Å². The Morgan fingerprint density at radius 1 is 1.00 bits per heavy atom. The average molecular weight is 438 g/mol. The molecule has 0 saturated heterocycles. The Morgan fingerprint density at radius 3 is 2.42 bits per heavy atom. The van der Waals surface area contributed by atoms with Crippen LogP contribution in [0.5, 0.6) is 5.75 Å². The molecular formula is C18H11F5N6O2. The highest BCUT2D eigenvalue weighted by molar-refractivity contribution is 5.91. The van der Waals surface area contributed by atoms with Crippen LogP contribution in [0.2, 0.25) is 0 Å². The zero-order valence-corrected chi connectivity index (χ0v) is 15.3. The van der Waals surface area contributed by atoms with Crippen LogP contribution in [0.4, 0.5) is 27.6 Å². The minimum atomic E-state index is -2.32. The Labute approximate surface area is 169 Å². The van der Waals surface area contributed by atoms with Gasteiger partial charge in [-0.2, -0.15) is 13.9 Å². The fourth-order valence-electron chi connectivity index (χ4n) is 2.71.